The van der Waals surface area contributed by atoms with Crippen LogP contribution in [0.15, 0.2) is 0 Å². The Balaban J connectivity index is 5.22. The first-order valence-corrected chi connectivity index (χ1v) is 7.69. The molecule has 0 spiro atoms. The first kappa shape index (κ1) is 23.8. The Labute approximate surface area is 150 Å². The first-order chi connectivity index (χ1) is 12.1. The van der Waals surface area contributed by atoms with Crippen molar-refractivity contribution in [3.8, 4) is 0 Å². The third-order valence-corrected chi connectivity index (χ3v) is 2.84. The van der Waals surface area contributed by atoms with E-state index < -0.39 is 48.5 Å². The third kappa shape index (κ3) is 10.6. The van der Waals surface area contributed by atoms with Gasteiger partial charge in [0.25, 0.3) is 0 Å². The van der Waals surface area contributed by atoms with Gasteiger partial charge in [-0.15, -0.1) is 0 Å². The smallest absolute Gasteiger partial charge is 0.303 e. The molecule has 0 aliphatic carbocycles. The van der Waals surface area contributed by atoms with Crippen LogP contribution < -0.4 is 5.90 Å². The summed E-state index contributed by atoms with van der Waals surface area (Å²) in [6, 6.07) is 0. The maximum atomic E-state index is 11.2. The largest absolute Gasteiger partial charge is 0.463 e. The normalized spacial score (nSPS) is 15.2. The minimum atomic E-state index is -1.39. The van der Waals surface area contributed by atoms with Gasteiger partial charge in [-0.25, -0.2) is 5.90 Å². The van der Waals surface area contributed by atoms with Gasteiger partial charge in [0, 0.05) is 27.7 Å². The van der Waals surface area contributed by atoms with Gasteiger partial charge in [0.1, 0.15) is 25.4 Å². The highest BCUT2D eigenvalue weighted by Gasteiger charge is 2.33. The molecule has 1 unspecified atom stereocenters. The maximum absolute atomic E-state index is 11.2. The molecule has 0 aromatic carbocycles. The summed E-state index contributed by atoms with van der Waals surface area (Å²) < 4.78 is 25.2. The van der Waals surface area contributed by atoms with E-state index in [1.54, 1.807) is 0 Å². The summed E-state index contributed by atoms with van der Waals surface area (Å²) in [5, 5.41) is 0. The number of carbonyl (C=O) groups excluding carboxylic acids is 4. The number of hydrogen-bond acceptors (Lipinski definition) is 11. The minimum Gasteiger partial charge on any atom is -0.463 e. The van der Waals surface area contributed by atoms with Crippen LogP contribution in [0.1, 0.15) is 34.6 Å². The lowest BCUT2D eigenvalue weighted by Crippen LogP contribution is -2.46. The molecule has 0 aromatic rings. The topological polar surface area (TPSA) is 150 Å². The highest BCUT2D eigenvalue weighted by Crippen LogP contribution is 2.14. The van der Waals surface area contributed by atoms with Crippen molar-refractivity contribution < 1.29 is 47.7 Å². The van der Waals surface area contributed by atoms with Gasteiger partial charge in [-0.3, -0.25) is 24.0 Å². The van der Waals surface area contributed by atoms with Crippen molar-refractivity contribution in [2.24, 2.45) is 5.90 Å². The number of nitrogens with two attached hydrogens (primary N) is 1. The Morgan fingerprint density at radius 1 is 0.769 bits per heavy atom. The molecule has 26 heavy (non-hydrogen) atoms. The summed E-state index contributed by atoms with van der Waals surface area (Å²) in [4.78, 5) is 49.1. The molecule has 0 amide bonds. The van der Waals surface area contributed by atoms with E-state index in [-0.39, 0.29) is 13.2 Å². The van der Waals surface area contributed by atoms with Crippen LogP contribution in [0, 0.1) is 0 Å². The van der Waals surface area contributed by atoms with E-state index in [0.717, 1.165) is 13.8 Å². The molecule has 150 valence electrons. The fourth-order valence-electron chi connectivity index (χ4n) is 1.78. The van der Waals surface area contributed by atoms with Gasteiger partial charge in [0.05, 0.1) is 0 Å². The molecule has 0 bridgehead atoms. The van der Waals surface area contributed by atoms with E-state index in [1.165, 1.54) is 20.8 Å². The molecule has 11 heteroatoms. The van der Waals surface area contributed by atoms with Crippen LogP contribution in [0.3, 0.4) is 0 Å². The first-order valence-electron chi connectivity index (χ1n) is 7.69. The van der Waals surface area contributed by atoms with Crippen LogP contribution in [-0.4, -0.2) is 61.7 Å². The van der Waals surface area contributed by atoms with E-state index in [1.807, 2.05) is 0 Å². The van der Waals surface area contributed by atoms with Crippen LogP contribution in [0.4, 0.5) is 0 Å². The molecule has 0 fully saturated rings. The molecular formula is C15H25NO10. The van der Waals surface area contributed by atoms with Crippen molar-refractivity contribution in [2.45, 2.75) is 59.2 Å². The van der Waals surface area contributed by atoms with E-state index >= 15 is 0 Å². The number of esters is 4. The number of ether oxygens (including phenoxy) is 5. The van der Waals surface area contributed by atoms with Crippen molar-refractivity contribution in [3.63, 3.8) is 0 Å². The lowest BCUT2D eigenvalue weighted by Gasteiger charge is -2.30. The Hall–Kier alpha value is -2.24. The molecule has 0 aromatic heterocycles. The monoisotopic (exact) mass is 379 g/mol. The van der Waals surface area contributed by atoms with Gasteiger partial charge in [-0.05, 0) is 6.92 Å². The van der Waals surface area contributed by atoms with Gasteiger partial charge in [0.15, 0.2) is 6.10 Å². The van der Waals surface area contributed by atoms with Crippen molar-refractivity contribution in [3.05, 3.63) is 0 Å². The molecular weight excluding hydrogens is 354 g/mol. The van der Waals surface area contributed by atoms with Crippen LogP contribution in [0.5, 0.6) is 0 Å². The average molecular weight is 379 g/mol. The second-order valence-electron chi connectivity index (χ2n) is 5.25. The van der Waals surface area contributed by atoms with Gasteiger partial charge in [0.2, 0.25) is 6.29 Å². The quantitative estimate of drug-likeness (QED) is 0.216. The molecule has 0 aliphatic rings. The number of hydrogen-bond donors (Lipinski definition) is 1. The van der Waals surface area contributed by atoms with Crippen LogP contribution in [-0.2, 0) is 47.7 Å². The zero-order chi connectivity index (χ0) is 20.3. The molecule has 0 radical (unpaired) electrons. The van der Waals surface area contributed by atoms with Gasteiger partial charge >= 0.3 is 23.9 Å². The Morgan fingerprint density at radius 3 is 1.62 bits per heavy atom. The second kappa shape index (κ2) is 12.2. The van der Waals surface area contributed by atoms with E-state index in [2.05, 4.69) is 4.84 Å². The maximum Gasteiger partial charge on any atom is 0.303 e. The molecule has 0 heterocycles. The molecule has 11 nitrogen and oxygen atoms in total. The number of carbonyl (C=O) groups is 4. The van der Waals surface area contributed by atoms with Gasteiger partial charge < -0.3 is 23.7 Å². The summed E-state index contributed by atoms with van der Waals surface area (Å²) in [6.45, 7) is 5.49. The third-order valence-electron chi connectivity index (χ3n) is 2.84. The lowest BCUT2D eigenvalue weighted by atomic mass is 10.2. The second-order valence-corrected chi connectivity index (χ2v) is 5.25. The van der Waals surface area contributed by atoms with Gasteiger partial charge in [-0.1, -0.05) is 0 Å². The molecule has 0 saturated heterocycles. The Kier molecular flexibility index (Phi) is 11.1. The summed E-state index contributed by atoms with van der Waals surface area (Å²) in [7, 11) is 0. The SMILES string of the molecule is CC(=O)OCC(O[C@@H](ON)[C@H](COC(C)=O)OC(C)=O)[C@H](C)OC(C)=O. The molecule has 0 aliphatic heterocycles. The van der Waals surface area contributed by atoms with Crippen molar-refractivity contribution in [2.75, 3.05) is 13.2 Å². The Bertz CT molecular complexity index is 495. The standard InChI is InChI=1S/C15H25NO10/c1-8(23-11(4)19)13(6-21-9(2)17)25-15(26-16)14(24-12(5)20)7-22-10(3)18/h8,13-15H,6-7,16H2,1-5H3/t8-,13?,14-,15-/m0/s1. The van der Waals surface area contributed by atoms with Gasteiger partial charge in [-0.2, -0.15) is 0 Å². The van der Waals surface area contributed by atoms with E-state index in [4.69, 9.17) is 29.6 Å². The Morgan fingerprint density at radius 2 is 1.23 bits per heavy atom. The zero-order valence-corrected chi connectivity index (χ0v) is 15.4. The number of rotatable bonds is 11. The fraction of sp³-hybridized carbons (Fsp3) is 0.733. The fourth-order valence-corrected chi connectivity index (χ4v) is 1.78. The van der Waals surface area contributed by atoms with Crippen LogP contribution in [0.25, 0.3) is 0 Å². The predicted molar refractivity (Wildman–Crippen MR) is 84.0 cm³/mol. The summed E-state index contributed by atoms with van der Waals surface area (Å²) >= 11 is 0. The van der Waals surface area contributed by atoms with Crippen LogP contribution >= 0.6 is 0 Å². The lowest BCUT2D eigenvalue weighted by molar-refractivity contribution is -0.252. The molecule has 0 rings (SSSR count). The van der Waals surface area contributed by atoms with E-state index in [9.17, 15) is 19.2 Å². The molecule has 0 saturated carbocycles. The average Bonchev–Trinajstić information content (AvgIpc) is 2.50. The molecule has 2 N–H and O–H groups in total. The van der Waals surface area contributed by atoms with E-state index in [0.29, 0.717) is 0 Å². The minimum absolute atomic E-state index is 0.288. The molecule has 4 atom stereocenters. The summed E-state index contributed by atoms with van der Waals surface area (Å²) in [5.41, 5.74) is 0. The highest BCUT2D eigenvalue weighted by molar-refractivity contribution is 5.67. The zero-order valence-electron chi connectivity index (χ0n) is 15.4. The van der Waals surface area contributed by atoms with Crippen molar-refractivity contribution in [1.82, 2.24) is 0 Å². The summed E-state index contributed by atoms with van der Waals surface area (Å²) in [5.74, 6) is 2.69. The predicted octanol–water partition coefficient (Wildman–Crippen LogP) is -0.402. The summed E-state index contributed by atoms with van der Waals surface area (Å²) in [6.07, 6.45) is -4.44. The highest BCUT2D eigenvalue weighted by atomic mass is 16.8. The van der Waals surface area contributed by atoms with Crippen LogP contribution in [0.2, 0.25) is 0 Å². The van der Waals surface area contributed by atoms with Crippen molar-refractivity contribution in [1.29, 1.82) is 0 Å². The van der Waals surface area contributed by atoms with Crippen molar-refractivity contribution >= 4 is 23.9 Å².